The summed E-state index contributed by atoms with van der Waals surface area (Å²) in [5, 5.41) is 35.9. The van der Waals surface area contributed by atoms with Crippen LogP contribution in [0, 0.1) is 5.41 Å². The molecule has 0 bridgehead atoms. The number of phosphoric acid groups is 3. The first-order valence-corrected chi connectivity index (χ1v) is 22.7. The average Bonchev–Trinajstić information content (AvgIpc) is 3.69. The van der Waals surface area contributed by atoms with Gasteiger partial charge in [0, 0.05) is 37.1 Å². The number of rotatable bonds is 20. The van der Waals surface area contributed by atoms with E-state index < -0.39 is 101 Å². The largest absolute Gasteiger partial charge is 0.481 e. The number of hydrogen-bond donors (Lipinski definition) is 10. The highest BCUT2D eigenvalue weighted by molar-refractivity contribution is 8.13. The van der Waals surface area contributed by atoms with Crippen LogP contribution in [0.3, 0.4) is 0 Å². The Hall–Kier alpha value is -2.81. The monoisotopic (exact) mass is 907 g/mol. The minimum atomic E-state index is -5.59. The number of carbonyl (C=O) groups is 4. The number of nitrogens with two attached hydrogens (primary N) is 1. The highest BCUT2D eigenvalue weighted by Crippen LogP contribution is 2.61. The summed E-state index contributed by atoms with van der Waals surface area (Å²) in [6, 6.07) is 0. The summed E-state index contributed by atoms with van der Waals surface area (Å²) >= 11 is 0.708. The van der Waals surface area contributed by atoms with E-state index in [0.717, 1.165) is 17.2 Å². The Bertz CT molecular complexity index is 1990. The van der Waals surface area contributed by atoms with Crippen LogP contribution in [0.2, 0.25) is 0 Å². The Morgan fingerprint density at radius 1 is 1.09 bits per heavy atom. The Kier molecular flexibility index (Phi) is 15.9. The van der Waals surface area contributed by atoms with Crippen LogP contribution in [0.15, 0.2) is 12.7 Å². The van der Waals surface area contributed by atoms with E-state index in [4.69, 9.17) is 19.5 Å². The summed E-state index contributed by atoms with van der Waals surface area (Å²) in [6.45, 7) is 0.117. The Morgan fingerprint density at radius 3 is 2.45 bits per heavy atom. The van der Waals surface area contributed by atoms with Gasteiger partial charge in [-0.15, -0.1) is 0 Å². The van der Waals surface area contributed by atoms with Crippen molar-refractivity contribution in [2.24, 2.45) is 5.41 Å². The first kappa shape index (κ1) is 47.9. The lowest BCUT2D eigenvalue weighted by Crippen LogP contribution is -2.47. The molecule has 1 aliphatic heterocycles. The zero-order chi connectivity index (χ0) is 43.3. The minimum Gasteiger partial charge on any atom is -0.386 e. The summed E-state index contributed by atoms with van der Waals surface area (Å²) in [7, 11) is -16.5. The number of thioether (sulfide) groups is 1. The normalized spacial score (nSPS) is 25.5. The van der Waals surface area contributed by atoms with Crippen molar-refractivity contribution in [1.82, 2.24) is 30.2 Å². The molecule has 4 rings (SSSR count). The van der Waals surface area contributed by atoms with Crippen LogP contribution in [0.1, 0.15) is 52.2 Å². The highest BCUT2D eigenvalue weighted by Gasteiger charge is 2.50. The van der Waals surface area contributed by atoms with Gasteiger partial charge in [-0.25, -0.2) is 28.6 Å². The van der Waals surface area contributed by atoms with E-state index in [1.54, 1.807) is 0 Å². The number of imidazole rings is 1. The summed E-state index contributed by atoms with van der Waals surface area (Å²) in [4.78, 5) is 100.0. The SMILES string of the molecule is CC(C)(COP(=O)(O)OP(=O)(O)OC[C@H]1O[C@@H](n2cnc3c(N)ncnc32)[C@H](O)[C@@H]1OP(=O)(O)O)[C@@H](O)C(=O)NCCC(=O)NCCSC(=O)C1(O)CCCCC1=O. The predicted octanol–water partition coefficient (Wildman–Crippen LogP) is -1.46. The number of aliphatic hydroxyl groups is 3. The third-order valence-corrected chi connectivity index (χ3v) is 12.8. The maximum Gasteiger partial charge on any atom is 0.481 e. The zero-order valence-corrected chi connectivity index (χ0v) is 34.3. The van der Waals surface area contributed by atoms with E-state index in [2.05, 4.69) is 34.4 Å². The molecule has 1 saturated heterocycles. The standard InChI is InChI=1S/C28H44N7O19P3S/c1-27(2,21(39)24(40)31-8-6-17(37)30-9-10-58-26(41)28(42)7-4-3-5-16(28)36)12-51-57(48,49)54-56(46,47)50-11-15-20(53-55(43,44)45)19(38)25(52-15)35-14-34-18-22(29)32-13-33-23(18)35/h13-15,19-21,25,38-39,42H,3-12H2,1-2H3,(H,30,37)(H,31,40)(H,46,47)(H,48,49)(H2,29,32,33)(H2,43,44,45)/t15-,19-,20-,21+,25-,28?/m1/s1. The highest BCUT2D eigenvalue weighted by atomic mass is 32.2. The van der Waals surface area contributed by atoms with Crippen LogP contribution >= 0.6 is 35.2 Å². The maximum absolute atomic E-state index is 12.7. The van der Waals surface area contributed by atoms with Crippen LogP contribution in [-0.4, -0.2) is 139 Å². The van der Waals surface area contributed by atoms with Gasteiger partial charge >= 0.3 is 23.5 Å². The van der Waals surface area contributed by atoms with Gasteiger partial charge in [0.05, 0.1) is 19.5 Å². The average molecular weight is 908 g/mol. The molecule has 3 unspecified atom stereocenters. The molecule has 0 aromatic carbocycles. The van der Waals surface area contributed by atoms with Crippen LogP contribution in [0.5, 0.6) is 0 Å². The van der Waals surface area contributed by atoms with E-state index in [0.29, 0.717) is 24.6 Å². The van der Waals surface area contributed by atoms with Gasteiger partial charge in [-0.3, -0.25) is 37.3 Å². The fourth-order valence-corrected chi connectivity index (χ4v) is 9.30. The Balaban J connectivity index is 1.22. The molecule has 58 heavy (non-hydrogen) atoms. The van der Waals surface area contributed by atoms with Gasteiger partial charge < -0.3 is 56.0 Å². The lowest BCUT2D eigenvalue weighted by atomic mass is 9.85. The molecule has 2 amide bonds. The molecular weight excluding hydrogens is 863 g/mol. The van der Waals surface area contributed by atoms with Crippen molar-refractivity contribution in [2.75, 3.05) is 37.8 Å². The van der Waals surface area contributed by atoms with Crippen molar-refractivity contribution in [3.8, 4) is 0 Å². The van der Waals surface area contributed by atoms with Crippen molar-refractivity contribution in [3.63, 3.8) is 0 Å². The number of aromatic nitrogens is 4. The van der Waals surface area contributed by atoms with E-state index in [1.807, 2.05) is 0 Å². The van der Waals surface area contributed by atoms with Crippen molar-refractivity contribution >= 4 is 74.9 Å². The first-order valence-electron chi connectivity index (χ1n) is 17.2. The van der Waals surface area contributed by atoms with Gasteiger partial charge in [-0.2, -0.15) is 4.31 Å². The number of anilines is 1. The quantitative estimate of drug-likeness (QED) is 0.0412. The lowest BCUT2D eigenvalue weighted by Gasteiger charge is -2.30. The van der Waals surface area contributed by atoms with Gasteiger partial charge in [0.15, 0.2) is 29.1 Å². The number of aliphatic hydroxyl groups excluding tert-OH is 2. The number of carbonyl (C=O) groups excluding carboxylic acids is 4. The molecule has 8 atom stereocenters. The number of Topliss-reactive ketones (excluding diaryl/α,β-unsaturated/α-hetero) is 1. The van der Waals surface area contributed by atoms with E-state index >= 15 is 0 Å². The van der Waals surface area contributed by atoms with Crippen molar-refractivity contribution in [1.29, 1.82) is 0 Å². The topological polar surface area (TPSA) is 401 Å². The van der Waals surface area contributed by atoms with Crippen molar-refractivity contribution in [3.05, 3.63) is 12.7 Å². The number of nitrogens with one attached hydrogen (secondary N) is 2. The second-order valence-corrected chi connectivity index (χ2v) is 19.0. The van der Waals surface area contributed by atoms with Crippen LogP contribution in [-0.2, 0) is 55.5 Å². The molecule has 11 N–H and O–H groups in total. The number of nitrogen functional groups attached to an aromatic ring is 1. The minimum absolute atomic E-state index is 0.00932. The third-order valence-electron chi connectivity index (χ3n) is 8.73. The van der Waals surface area contributed by atoms with E-state index in [-0.39, 0.29) is 55.1 Å². The Labute approximate surface area is 333 Å². The number of fused-ring (bicyclic) bond motifs is 1. The number of ketones is 1. The van der Waals surface area contributed by atoms with Crippen molar-refractivity contribution in [2.45, 2.75) is 82.2 Å². The molecule has 0 spiro atoms. The lowest BCUT2D eigenvalue weighted by molar-refractivity contribution is -0.148. The molecule has 1 aliphatic carbocycles. The fraction of sp³-hybridized carbons (Fsp3) is 0.679. The molecule has 2 aliphatic rings. The molecule has 0 radical (unpaired) electrons. The number of hydrogen-bond acceptors (Lipinski definition) is 20. The van der Waals surface area contributed by atoms with E-state index in [1.165, 1.54) is 13.8 Å². The molecule has 2 aromatic rings. The van der Waals surface area contributed by atoms with Crippen LogP contribution in [0.25, 0.3) is 11.2 Å². The Morgan fingerprint density at radius 2 is 1.78 bits per heavy atom. The fourth-order valence-electron chi connectivity index (χ4n) is 5.62. The summed E-state index contributed by atoms with van der Waals surface area (Å²) in [5.41, 5.74) is 2.17. The predicted molar refractivity (Wildman–Crippen MR) is 196 cm³/mol. The molecular formula is C28H44N7O19P3S. The first-order chi connectivity index (χ1) is 26.9. The zero-order valence-electron chi connectivity index (χ0n) is 30.8. The van der Waals surface area contributed by atoms with Crippen LogP contribution < -0.4 is 16.4 Å². The molecule has 1 saturated carbocycles. The number of phosphoric ester groups is 3. The number of amides is 2. The van der Waals surface area contributed by atoms with Gasteiger partial charge in [0.2, 0.25) is 16.9 Å². The summed E-state index contributed by atoms with van der Waals surface area (Å²) in [5.74, 6) is -2.08. The molecule has 26 nitrogen and oxygen atoms in total. The smallest absolute Gasteiger partial charge is 0.386 e. The second-order valence-electron chi connectivity index (χ2n) is 13.7. The van der Waals surface area contributed by atoms with E-state index in [9.17, 15) is 67.8 Å². The summed E-state index contributed by atoms with van der Waals surface area (Å²) in [6.07, 6.45) is -5.84. The molecule has 3 heterocycles. The maximum atomic E-state index is 12.7. The molecule has 30 heteroatoms. The molecule has 2 aromatic heterocycles. The van der Waals surface area contributed by atoms with Gasteiger partial charge in [-0.05, 0) is 19.3 Å². The van der Waals surface area contributed by atoms with Gasteiger partial charge in [0.1, 0.15) is 36.3 Å². The number of ether oxygens (including phenoxy) is 1. The van der Waals surface area contributed by atoms with Gasteiger partial charge in [0.25, 0.3) is 0 Å². The van der Waals surface area contributed by atoms with Gasteiger partial charge in [-0.1, -0.05) is 25.6 Å². The molecule has 326 valence electrons. The van der Waals surface area contributed by atoms with Crippen LogP contribution in [0.4, 0.5) is 5.82 Å². The third kappa shape index (κ3) is 12.6. The molecule has 2 fully saturated rings. The number of nitrogens with zero attached hydrogens (tertiary/aromatic N) is 4. The summed E-state index contributed by atoms with van der Waals surface area (Å²) < 4.78 is 62.1. The van der Waals surface area contributed by atoms with Crippen molar-refractivity contribution < 1.29 is 90.4 Å². The second kappa shape index (κ2) is 19.3.